The molecule has 23 heavy (non-hydrogen) atoms. The first kappa shape index (κ1) is 15.9. The second-order valence-corrected chi connectivity index (χ2v) is 7.12. The lowest BCUT2D eigenvalue weighted by atomic mass is 9.88. The third kappa shape index (κ3) is 3.08. The van der Waals surface area contributed by atoms with E-state index in [0.717, 1.165) is 6.07 Å². The topological polar surface area (TPSA) is 75.6 Å². The third-order valence-corrected chi connectivity index (χ3v) is 5.28. The van der Waals surface area contributed by atoms with Gasteiger partial charge in [0.25, 0.3) is 0 Å². The van der Waals surface area contributed by atoms with Crippen LogP contribution in [0.4, 0.5) is 4.39 Å². The van der Waals surface area contributed by atoms with Gasteiger partial charge < -0.3 is 9.84 Å². The molecular formula is C16H16FNO4S. The highest BCUT2D eigenvalue weighted by Crippen LogP contribution is 2.36. The first-order valence-electron chi connectivity index (χ1n) is 7.11. The van der Waals surface area contributed by atoms with Crippen molar-refractivity contribution in [2.45, 2.75) is 16.9 Å². The molecule has 0 aliphatic carbocycles. The number of para-hydroxylation sites is 1. The number of fused-ring (bicyclic) bond motifs is 1. The van der Waals surface area contributed by atoms with E-state index in [-0.39, 0.29) is 19.6 Å². The van der Waals surface area contributed by atoms with Gasteiger partial charge >= 0.3 is 0 Å². The monoisotopic (exact) mass is 337 g/mol. The van der Waals surface area contributed by atoms with Gasteiger partial charge in [-0.05, 0) is 18.2 Å². The van der Waals surface area contributed by atoms with Crippen LogP contribution in [0.15, 0.2) is 53.4 Å². The highest BCUT2D eigenvalue weighted by Gasteiger charge is 2.36. The molecule has 5 nitrogen and oxygen atoms in total. The van der Waals surface area contributed by atoms with Gasteiger partial charge in [-0.15, -0.1) is 0 Å². The number of ether oxygens (including phenoxy) is 1. The van der Waals surface area contributed by atoms with Crippen molar-refractivity contribution in [3.05, 3.63) is 59.9 Å². The van der Waals surface area contributed by atoms with Crippen molar-refractivity contribution in [3.8, 4) is 5.75 Å². The molecule has 122 valence electrons. The van der Waals surface area contributed by atoms with Gasteiger partial charge in [-0.25, -0.2) is 17.5 Å². The van der Waals surface area contributed by atoms with Crippen molar-refractivity contribution in [1.29, 1.82) is 0 Å². The average molecular weight is 337 g/mol. The molecule has 0 bridgehead atoms. The second-order valence-electron chi connectivity index (χ2n) is 5.38. The number of benzene rings is 2. The molecule has 0 saturated heterocycles. The maximum Gasteiger partial charge on any atom is 0.243 e. The predicted octanol–water partition coefficient (Wildman–Crippen LogP) is 1.77. The van der Waals surface area contributed by atoms with Crippen LogP contribution in [-0.4, -0.2) is 26.7 Å². The lowest BCUT2D eigenvalue weighted by molar-refractivity contribution is 0.00218. The quantitative estimate of drug-likeness (QED) is 0.892. The first-order chi connectivity index (χ1) is 10.9. The van der Waals surface area contributed by atoms with E-state index in [4.69, 9.17) is 4.74 Å². The van der Waals surface area contributed by atoms with E-state index in [0.29, 0.717) is 11.3 Å². The van der Waals surface area contributed by atoms with E-state index < -0.39 is 26.3 Å². The number of halogens is 1. The van der Waals surface area contributed by atoms with E-state index in [9.17, 15) is 17.9 Å². The second kappa shape index (κ2) is 5.92. The van der Waals surface area contributed by atoms with Crippen LogP contribution in [-0.2, 0) is 15.6 Å². The van der Waals surface area contributed by atoms with Crippen LogP contribution in [0.25, 0.3) is 0 Å². The molecule has 2 aromatic carbocycles. The lowest BCUT2D eigenvalue weighted by Crippen LogP contribution is -2.44. The molecule has 3 rings (SSSR count). The summed E-state index contributed by atoms with van der Waals surface area (Å²) in [5.74, 6) is -0.314. The Morgan fingerprint density at radius 1 is 1.17 bits per heavy atom. The summed E-state index contributed by atoms with van der Waals surface area (Å²) in [6, 6.07) is 12.0. The van der Waals surface area contributed by atoms with E-state index >= 15 is 0 Å². The van der Waals surface area contributed by atoms with Crippen LogP contribution < -0.4 is 9.46 Å². The summed E-state index contributed by atoms with van der Waals surface area (Å²) in [7, 11) is -4.06. The number of rotatable bonds is 4. The minimum absolute atomic E-state index is 0.240. The maximum absolute atomic E-state index is 13.7. The third-order valence-electron chi connectivity index (χ3n) is 3.84. The molecule has 2 N–H and O–H groups in total. The Bertz CT molecular complexity index is 824. The Labute approximate surface area is 133 Å². The molecule has 0 amide bonds. The fourth-order valence-corrected chi connectivity index (χ4v) is 3.75. The van der Waals surface area contributed by atoms with Crippen molar-refractivity contribution >= 4 is 10.0 Å². The fraction of sp³-hybridized carbons (Fsp3) is 0.250. The van der Waals surface area contributed by atoms with E-state index in [1.807, 2.05) is 0 Å². The van der Waals surface area contributed by atoms with E-state index in [1.54, 1.807) is 24.3 Å². The molecule has 1 aliphatic heterocycles. The van der Waals surface area contributed by atoms with Crippen LogP contribution in [0, 0.1) is 5.82 Å². The molecule has 1 heterocycles. The standard InChI is InChI=1S/C16H16FNO4S/c17-13-6-2-4-8-15(13)23(20,21)18-11-16(19)9-10-22-14-7-3-1-5-12(14)16/h1-8,18-19H,9-11H2/t16-/m0/s1. The van der Waals surface area contributed by atoms with Crippen molar-refractivity contribution in [2.24, 2.45) is 0 Å². The molecule has 0 spiro atoms. The van der Waals surface area contributed by atoms with E-state index in [1.165, 1.54) is 18.2 Å². The molecule has 1 atom stereocenters. The Morgan fingerprint density at radius 2 is 1.87 bits per heavy atom. The summed E-state index contributed by atoms with van der Waals surface area (Å²) >= 11 is 0. The average Bonchev–Trinajstić information content (AvgIpc) is 2.54. The smallest absolute Gasteiger partial charge is 0.243 e. The van der Waals surface area contributed by atoms with Crippen LogP contribution in [0.2, 0.25) is 0 Å². The normalized spacial score (nSPS) is 20.6. The number of aliphatic hydroxyl groups is 1. The number of hydrogen-bond donors (Lipinski definition) is 2. The summed E-state index contributed by atoms with van der Waals surface area (Å²) in [4.78, 5) is -0.441. The molecular weight excluding hydrogens is 321 g/mol. The summed E-state index contributed by atoms with van der Waals surface area (Å²) in [5.41, 5.74) is -0.879. The van der Waals surface area contributed by atoms with Crippen LogP contribution in [0.3, 0.4) is 0 Å². The maximum atomic E-state index is 13.7. The van der Waals surface area contributed by atoms with Gasteiger partial charge in [-0.3, -0.25) is 0 Å². The van der Waals surface area contributed by atoms with Gasteiger partial charge in [0.15, 0.2) is 0 Å². The minimum Gasteiger partial charge on any atom is -0.493 e. The SMILES string of the molecule is O=S(=O)(NC[C@@]1(O)CCOc2ccccc21)c1ccccc1F. The number of hydrogen-bond acceptors (Lipinski definition) is 4. The van der Waals surface area contributed by atoms with Gasteiger partial charge in [0.2, 0.25) is 10.0 Å². The molecule has 0 saturated carbocycles. The summed E-state index contributed by atoms with van der Waals surface area (Å²) in [6.45, 7) is 0.0129. The summed E-state index contributed by atoms with van der Waals surface area (Å²) in [5, 5.41) is 10.8. The highest BCUT2D eigenvalue weighted by molar-refractivity contribution is 7.89. The van der Waals surface area contributed by atoms with Gasteiger partial charge in [0.1, 0.15) is 22.1 Å². The highest BCUT2D eigenvalue weighted by atomic mass is 32.2. The summed E-state index contributed by atoms with van der Waals surface area (Å²) < 4.78 is 45.9. The molecule has 0 aromatic heterocycles. The fourth-order valence-electron chi connectivity index (χ4n) is 2.58. The zero-order valence-electron chi connectivity index (χ0n) is 12.2. The Kier molecular flexibility index (Phi) is 4.09. The number of nitrogens with one attached hydrogen (secondary N) is 1. The minimum atomic E-state index is -4.06. The van der Waals surface area contributed by atoms with Gasteiger partial charge in [0, 0.05) is 18.5 Å². The summed E-state index contributed by atoms with van der Waals surface area (Å²) in [6.07, 6.45) is 0.240. The van der Waals surface area contributed by atoms with Crippen LogP contribution in [0.5, 0.6) is 5.75 Å². The lowest BCUT2D eigenvalue weighted by Gasteiger charge is -2.34. The number of sulfonamides is 1. The Balaban J connectivity index is 1.85. The molecule has 0 radical (unpaired) electrons. The first-order valence-corrected chi connectivity index (χ1v) is 8.60. The van der Waals surface area contributed by atoms with E-state index in [2.05, 4.69) is 4.72 Å². The van der Waals surface area contributed by atoms with Gasteiger partial charge in [-0.1, -0.05) is 30.3 Å². The Morgan fingerprint density at radius 3 is 2.65 bits per heavy atom. The zero-order chi connectivity index (χ0) is 16.5. The molecule has 7 heteroatoms. The molecule has 2 aromatic rings. The zero-order valence-corrected chi connectivity index (χ0v) is 13.0. The molecule has 1 aliphatic rings. The van der Waals surface area contributed by atoms with Crippen LogP contribution in [0.1, 0.15) is 12.0 Å². The largest absolute Gasteiger partial charge is 0.493 e. The van der Waals surface area contributed by atoms with Gasteiger partial charge in [-0.2, -0.15) is 0 Å². The van der Waals surface area contributed by atoms with Crippen molar-refractivity contribution < 1.29 is 22.7 Å². The van der Waals surface area contributed by atoms with Crippen LogP contribution >= 0.6 is 0 Å². The Hall–Kier alpha value is -1.96. The van der Waals surface area contributed by atoms with Crippen molar-refractivity contribution in [1.82, 2.24) is 4.72 Å². The molecule has 0 fully saturated rings. The van der Waals surface area contributed by atoms with Crippen molar-refractivity contribution in [3.63, 3.8) is 0 Å². The molecule has 0 unspecified atom stereocenters. The predicted molar refractivity (Wildman–Crippen MR) is 82.0 cm³/mol. The van der Waals surface area contributed by atoms with Gasteiger partial charge in [0.05, 0.1) is 6.61 Å². The van der Waals surface area contributed by atoms with Crippen molar-refractivity contribution in [2.75, 3.05) is 13.2 Å².